The lowest BCUT2D eigenvalue weighted by Gasteiger charge is -2.20. The van der Waals surface area contributed by atoms with Gasteiger partial charge in [0.25, 0.3) is 0 Å². The third kappa shape index (κ3) is 2.98. The lowest BCUT2D eigenvalue weighted by molar-refractivity contribution is 0.101. The summed E-state index contributed by atoms with van der Waals surface area (Å²) >= 11 is 0. The van der Waals surface area contributed by atoms with Gasteiger partial charge in [-0.1, -0.05) is 30.3 Å². The Morgan fingerprint density at radius 2 is 1.55 bits per heavy atom. The number of hydrogen-bond acceptors (Lipinski definition) is 3. The second kappa shape index (κ2) is 6.65. The van der Waals surface area contributed by atoms with E-state index in [2.05, 4.69) is 0 Å². The van der Waals surface area contributed by atoms with Crippen molar-refractivity contribution < 1.29 is 14.3 Å². The predicted molar refractivity (Wildman–Crippen MR) is 88.0 cm³/mol. The van der Waals surface area contributed by atoms with Crippen molar-refractivity contribution in [2.45, 2.75) is 34.3 Å². The van der Waals surface area contributed by atoms with E-state index in [0.717, 1.165) is 28.0 Å². The first-order valence-corrected chi connectivity index (χ1v) is 7.32. The Labute approximate surface area is 131 Å². The molecule has 2 aromatic rings. The molecular formula is C19H22O3. The molecule has 0 atom stereocenters. The van der Waals surface area contributed by atoms with Gasteiger partial charge in [0, 0.05) is 5.56 Å². The maximum Gasteiger partial charge on any atom is 0.163 e. The zero-order valence-electron chi connectivity index (χ0n) is 13.8. The number of ether oxygens (including phenoxy) is 2. The van der Waals surface area contributed by atoms with Crippen molar-refractivity contribution in [3.8, 4) is 11.5 Å². The van der Waals surface area contributed by atoms with Crippen LogP contribution in [0, 0.1) is 20.8 Å². The Morgan fingerprint density at radius 1 is 0.955 bits per heavy atom. The molecular weight excluding hydrogens is 276 g/mol. The van der Waals surface area contributed by atoms with Crippen LogP contribution in [0.5, 0.6) is 11.5 Å². The summed E-state index contributed by atoms with van der Waals surface area (Å²) in [5, 5.41) is 0. The quantitative estimate of drug-likeness (QED) is 0.767. The van der Waals surface area contributed by atoms with Crippen molar-refractivity contribution in [3.63, 3.8) is 0 Å². The second-order valence-electron chi connectivity index (χ2n) is 5.44. The minimum atomic E-state index is -0.0120. The van der Waals surface area contributed by atoms with E-state index in [1.807, 2.05) is 51.1 Å². The van der Waals surface area contributed by atoms with E-state index in [-0.39, 0.29) is 5.78 Å². The number of ketones is 1. The number of Topliss-reactive ketones (excluding diaryl/α,β-unsaturated/α-hetero) is 1. The van der Waals surface area contributed by atoms with Crippen molar-refractivity contribution in [2.24, 2.45) is 0 Å². The van der Waals surface area contributed by atoms with Gasteiger partial charge in [0.15, 0.2) is 5.78 Å². The zero-order valence-corrected chi connectivity index (χ0v) is 13.8. The van der Waals surface area contributed by atoms with Gasteiger partial charge < -0.3 is 9.47 Å². The van der Waals surface area contributed by atoms with E-state index >= 15 is 0 Å². The highest BCUT2D eigenvalue weighted by molar-refractivity contribution is 5.99. The summed E-state index contributed by atoms with van der Waals surface area (Å²) in [7, 11) is 1.60. The molecule has 0 bridgehead atoms. The van der Waals surface area contributed by atoms with E-state index in [1.54, 1.807) is 14.0 Å². The SMILES string of the molecule is COc1c(C)c(C)c(OCc2ccccc2)c(C)c1C(C)=O. The molecule has 3 heteroatoms. The van der Waals surface area contributed by atoms with Gasteiger partial charge in [-0.3, -0.25) is 4.79 Å². The minimum Gasteiger partial charge on any atom is -0.496 e. The topological polar surface area (TPSA) is 35.5 Å². The summed E-state index contributed by atoms with van der Waals surface area (Å²) in [6.45, 7) is 7.89. The zero-order chi connectivity index (χ0) is 16.3. The van der Waals surface area contributed by atoms with Crippen LogP contribution in [0.2, 0.25) is 0 Å². The summed E-state index contributed by atoms with van der Waals surface area (Å²) in [5.41, 5.74) is 4.49. The molecule has 0 aliphatic carbocycles. The van der Waals surface area contributed by atoms with Gasteiger partial charge in [0.2, 0.25) is 0 Å². The minimum absolute atomic E-state index is 0.0120. The van der Waals surface area contributed by atoms with Gasteiger partial charge in [0.1, 0.15) is 18.1 Å². The first kappa shape index (κ1) is 16.1. The standard InChI is InChI=1S/C19H22O3/c1-12-13(2)19(21-5)17(15(4)20)14(3)18(12)22-11-16-9-7-6-8-10-16/h6-10H,11H2,1-5H3. The first-order chi connectivity index (χ1) is 10.5. The van der Waals surface area contributed by atoms with Crippen molar-refractivity contribution in [3.05, 3.63) is 58.1 Å². The highest BCUT2D eigenvalue weighted by atomic mass is 16.5. The Morgan fingerprint density at radius 3 is 2.09 bits per heavy atom. The lowest BCUT2D eigenvalue weighted by atomic mass is 9.95. The third-order valence-electron chi connectivity index (χ3n) is 3.97. The fourth-order valence-electron chi connectivity index (χ4n) is 2.72. The predicted octanol–water partition coefficient (Wildman–Crippen LogP) is 4.40. The fraction of sp³-hybridized carbons (Fsp3) is 0.316. The van der Waals surface area contributed by atoms with E-state index in [1.165, 1.54) is 0 Å². The summed E-state index contributed by atoms with van der Waals surface area (Å²) in [6.07, 6.45) is 0. The van der Waals surface area contributed by atoms with Crippen LogP contribution in [-0.2, 0) is 6.61 Å². The van der Waals surface area contributed by atoms with Crippen LogP contribution in [0.15, 0.2) is 30.3 Å². The molecule has 0 aliphatic rings. The monoisotopic (exact) mass is 298 g/mol. The van der Waals surface area contributed by atoms with Gasteiger partial charge in [-0.25, -0.2) is 0 Å². The van der Waals surface area contributed by atoms with Crippen molar-refractivity contribution in [1.82, 2.24) is 0 Å². The molecule has 116 valence electrons. The largest absolute Gasteiger partial charge is 0.496 e. The molecule has 2 aromatic carbocycles. The summed E-state index contributed by atoms with van der Waals surface area (Å²) in [4.78, 5) is 12.0. The average Bonchev–Trinajstić information content (AvgIpc) is 2.51. The number of methoxy groups -OCH3 is 1. The van der Waals surface area contributed by atoms with Crippen molar-refractivity contribution in [1.29, 1.82) is 0 Å². The van der Waals surface area contributed by atoms with E-state index in [0.29, 0.717) is 17.9 Å². The molecule has 0 fully saturated rings. The lowest BCUT2D eigenvalue weighted by Crippen LogP contribution is -2.08. The smallest absolute Gasteiger partial charge is 0.163 e. The first-order valence-electron chi connectivity index (χ1n) is 7.32. The van der Waals surface area contributed by atoms with Crippen molar-refractivity contribution in [2.75, 3.05) is 7.11 Å². The van der Waals surface area contributed by atoms with Crippen LogP contribution in [-0.4, -0.2) is 12.9 Å². The highest BCUT2D eigenvalue weighted by Gasteiger charge is 2.21. The molecule has 0 saturated heterocycles. The number of carbonyl (C=O) groups is 1. The normalized spacial score (nSPS) is 10.4. The van der Waals surface area contributed by atoms with Gasteiger partial charge >= 0.3 is 0 Å². The van der Waals surface area contributed by atoms with Crippen LogP contribution in [0.4, 0.5) is 0 Å². The molecule has 2 rings (SSSR count). The van der Waals surface area contributed by atoms with Gasteiger partial charge in [-0.05, 0) is 44.4 Å². The van der Waals surface area contributed by atoms with Gasteiger partial charge in [-0.2, -0.15) is 0 Å². The highest BCUT2D eigenvalue weighted by Crippen LogP contribution is 2.38. The summed E-state index contributed by atoms with van der Waals surface area (Å²) in [6, 6.07) is 9.99. The molecule has 0 spiro atoms. The summed E-state index contributed by atoms with van der Waals surface area (Å²) < 4.78 is 11.5. The molecule has 0 aliphatic heterocycles. The molecule has 0 heterocycles. The number of hydrogen-bond donors (Lipinski definition) is 0. The Bertz CT molecular complexity index is 688. The molecule has 22 heavy (non-hydrogen) atoms. The fourth-order valence-corrected chi connectivity index (χ4v) is 2.72. The molecule has 3 nitrogen and oxygen atoms in total. The van der Waals surface area contributed by atoms with Crippen LogP contribution < -0.4 is 9.47 Å². The average molecular weight is 298 g/mol. The van der Waals surface area contributed by atoms with Crippen LogP contribution in [0.3, 0.4) is 0 Å². The Kier molecular flexibility index (Phi) is 4.86. The van der Waals surface area contributed by atoms with Crippen LogP contribution in [0.1, 0.15) is 39.5 Å². The molecule has 0 unspecified atom stereocenters. The van der Waals surface area contributed by atoms with Crippen LogP contribution >= 0.6 is 0 Å². The molecule has 0 saturated carbocycles. The Balaban J connectivity index is 2.45. The third-order valence-corrected chi connectivity index (χ3v) is 3.97. The van der Waals surface area contributed by atoms with E-state index < -0.39 is 0 Å². The maximum atomic E-state index is 12.0. The number of rotatable bonds is 5. The van der Waals surface area contributed by atoms with Crippen LogP contribution in [0.25, 0.3) is 0 Å². The molecule has 0 amide bonds. The molecule has 0 aromatic heterocycles. The van der Waals surface area contributed by atoms with Crippen molar-refractivity contribution >= 4 is 5.78 Å². The van der Waals surface area contributed by atoms with Gasteiger partial charge in [-0.15, -0.1) is 0 Å². The van der Waals surface area contributed by atoms with E-state index in [9.17, 15) is 4.79 Å². The molecule has 0 radical (unpaired) electrons. The second-order valence-corrected chi connectivity index (χ2v) is 5.44. The maximum absolute atomic E-state index is 12.0. The summed E-state index contributed by atoms with van der Waals surface area (Å²) in [5.74, 6) is 1.41. The van der Waals surface area contributed by atoms with Gasteiger partial charge in [0.05, 0.1) is 12.7 Å². The van der Waals surface area contributed by atoms with E-state index in [4.69, 9.17) is 9.47 Å². The Hall–Kier alpha value is -2.29. The number of carbonyl (C=O) groups excluding carboxylic acids is 1. The number of benzene rings is 2. The molecule has 0 N–H and O–H groups in total.